The van der Waals surface area contributed by atoms with Crippen molar-refractivity contribution in [3.63, 3.8) is 0 Å². The van der Waals surface area contributed by atoms with Gasteiger partial charge in [-0.1, -0.05) is 36.4 Å². The third kappa shape index (κ3) is 4.02. The molecule has 0 unspecified atom stereocenters. The standard InChI is InChI=1S/C17H21NO/c1-14-10-11-17(19-2)16(13-14)18-12-6-9-15-7-4-3-5-8-15/h3-5,7-8,10-11,13,18H,6,9,12H2,1-2H3. The van der Waals surface area contributed by atoms with Crippen LogP contribution in [0.25, 0.3) is 0 Å². The summed E-state index contributed by atoms with van der Waals surface area (Å²) in [5.41, 5.74) is 3.71. The smallest absolute Gasteiger partial charge is 0.141 e. The second-order valence-corrected chi connectivity index (χ2v) is 4.72. The third-order valence-electron chi connectivity index (χ3n) is 3.16. The van der Waals surface area contributed by atoms with Crippen LogP contribution in [-0.4, -0.2) is 13.7 Å². The van der Waals surface area contributed by atoms with Crippen molar-refractivity contribution in [1.29, 1.82) is 0 Å². The van der Waals surface area contributed by atoms with E-state index < -0.39 is 0 Å². The Balaban J connectivity index is 1.84. The molecule has 0 saturated heterocycles. The summed E-state index contributed by atoms with van der Waals surface area (Å²) in [4.78, 5) is 0. The maximum atomic E-state index is 5.35. The van der Waals surface area contributed by atoms with Crippen LogP contribution in [0, 0.1) is 6.92 Å². The largest absolute Gasteiger partial charge is 0.495 e. The van der Waals surface area contributed by atoms with Crippen LogP contribution < -0.4 is 10.1 Å². The van der Waals surface area contributed by atoms with Crippen molar-refractivity contribution >= 4 is 5.69 Å². The molecule has 0 amide bonds. The summed E-state index contributed by atoms with van der Waals surface area (Å²) < 4.78 is 5.35. The molecule has 0 bridgehead atoms. The number of methoxy groups -OCH3 is 1. The average molecular weight is 255 g/mol. The Morgan fingerprint density at radius 1 is 1.05 bits per heavy atom. The summed E-state index contributed by atoms with van der Waals surface area (Å²) in [5, 5.41) is 3.45. The summed E-state index contributed by atoms with van der Waals surface area (Å²) in [7, 11) is 1.71. The fourth-order valence-corrected chi connectivity index (χ4v) is 2.12. The Kier molecular flexibility index (Phi) is 4.85. The maximum Gasteiger partial charge on any atom is 0.141 e. The van der Waals surface area contributed by atoms with E-state index in [1.165, 1.54) is 11.1 Å². The number of nitrogens with one attached hydrogen (secondary N) is 1. The Bertz CT molecular complexity index is 508. The number of anilines is 1. The van der Waals surface area contributed by atoms with E-state index in [0.717, 1.165) is 30.8 Å². The first kappa shape index (κ1) is 13.5. The maximum absolute atomic E-state index is 5.35. The van der Waals surface area contributed by atoms with Gasteiger partial charge in [-0.2, -0.15) is 0 Å². The van der Waals surface area contributed by atoms with E-state index in [9.17, 15) is 0 Å². The second kappa shape index (κ2) is 6.83. The van der Waals surface area contributed by atoms with E-state index >= 15 is 0 Å². The lowest BCUT2D eigenvalue weighted by atomic mass is 10.1. The fourth-order valence-electron chi connectivity index (χ4n) is 2.12. The van der Waals surface area contributed by atoms with E-state index in [4.69, 9.17) is 4.74 Å². The van der Waals surface area contributed by atoms with Crippen LogP contribution in [0.5, 0.6) is 5.75 Å². The Hall–Kier alpha value is -1.96. The van der Waals surface area contributed by atoms with Crippen LogP contribution in [-0.2, 0) is 6.42 Å². The normalized spacial score (nSPS) is 10.2. The van der Waals surface area contributed by atoms with Gasteiger partial charge in [0.2, 0.25) is 0 Å². The number of aryl methyl sites for hydroxylation is 2. The minimum atomic E-state index is 0.908. The van der Waals surface area contributed by atoms with Crippen molar-refractivity contribution in [2.24, 2.45) is 0 Å². The molecule has 2 rings (SSSR count). The molecule has 2 nitrogen and oxygen atoms in total. The Morgan fingerprint density at radius 3 is 2.58 bits per heavy atom. The predicted molar refractivity (Wildman–Crippen MR) is 81.0 cm³/mol. The molecule has 0 radical (unpaired) electrons. The van der Waals surface area contributed by atoms with Crippen molar-refractivity contribution in [3.8, 4) is 5.75 Å². The van der Waals surface area contributed by atoms with Crippen LogP contribution in [0.3, 0.4) is 0 Å². The quantitative estimate of drug-likeness (QED) is 0.786. The van der Waals surface area contributed by atoms with Crippen LogP contribution >= 0.6 is 0 Å². The van der Waals surface area contributed by atoms with Gasteiger partial charge in [0.05, 0.1) is 12.8 Å². The Labute approximate surface area is 115 Å². The third-order valence-corrected chi connectivity index (χ3v) is 3.16. The lowest BCUT2D eigenvalue weighted by Gasteiger charge is -2.12. The van der Waals surface area contributed by atoms with Gasteiger partial charge in [-0.3, -0.25) is 0 Å². The molecule has 2 heteroatoms. The molecule has 2 aromatic carbocycles. The molecular weight excluding hydrogens is 234 g/mol. The van der Waals surface area contributed by atoms with E-state index in [1.54, 1.807) is 7.11 Å². The summed E-state index contributed by atoms with van der Waals surface area (Å²) in [6.45, 7) is 3.04. The zero-order valence-electron chi connectivity index (χ0n) is 11.6. The van der Waals surface area contributed by atoms with Crippen molar-refractivity contribution in [2.45, 2.75) is 19.8 Å². The zero-order valence-corrected chi connectivity index (χ0v) is 11.6. The molecule has 100 valence electrons. The highest BCUT2D eigenvalue weighted by Gasteiger charge is 2.02. The molecule has 0 aromatic heterocycles. The van der Waals surface area contributed by atoms with Crippen molar-refractivity contribution in [1.82, 2.24) is 0 Å². The lowest BCUT2D eigenvalue weighted by Crippen LogP contribution is -2.04. The molecule has 0 aliphatic carbocycles. The number of rotatable bonds is 6. The van der Waals surface area contributed by atoms with Gasteiger partial charge in [-0.15, -0.1) is 0 Å². The topological polar surface area (TPSA) is 21.3 Å². The molecule has 0 fully saturated rings. The predicted octanol–water partition coefficient (Wildman–Crippen LogP) is 4.05. The summed E-state index contributed by atoms with van der Waals surface area (Å²) in [6, 6.07) is 16.8. The molecule has 0 aliphatic heterocycles. The number of benzene rings is 2. The van der Waals surface area contributed by atoms with Crippen LogP contribution in [0.2, 0.25) is 0 Å². The zero-order chi connectivity index (χ0) is 13.5. The van der Waals surface area contributed by atoms with Gasteiger partial charge in [0.25, 0.3) is 0 Å². The van der Waals surface area contributed by atoms with Crippen molar-refractivity contribution in [3.05, 3.63) is 59.7 Å². The first-order valence-electron chi connectivity index (χ1n) is 6.72. The molecule has 0 atom stereocenters. The molecule has 0 heterocycles. The van der Waals surface area contributed by atoms with E-state index in [2.05, 4.69) is 54.7 Å². The van der Waals surface area contributed by atoms with E-state index in [-0.39, 0.29) is 0 Å². The highest BCUT2D eigenvalue weighted by atomic mass is 16.5. The first-order valence-corrected chi connectivity index (χ1v) is 6.72. The van der Waals surface area contributed by atoms with Crippen molar-refractivity contribution in [2.75, 3.05) is 19.0 Å². The van der Waals surface area contributed by atoms with Crippen LogP contribution in [0.4, 0.5) is 5.69 Å². The van der Waals surface area contributed by atoms with Gasteiger partial charge in [0, 0.05) is 6.54 Å². The number of ether oxygens (including phenoxy) is 1. The molecule has 0 aliphatic rings. The van der Waals surface area contributed by atoms with Crippen LogP contribution in [0.15, 0.2) is 48.5 Å². The Morgan fingerprint density at radius 2 is 1.84 bits per heavy atom. The number of hydrogen-bond acceptors (Lipinski definition) is 2. The first-order chi connectivity index (χ1) is 9.29. The lowest BCUT2D eigenvalue weighted by molar-refractivity contribution is 0.416. The average Bonchev–Trinajstić information content (AvgIpc) is 2.45. The molecule has 0 spiro atoms. The van der Waals surface area contributed by atoms with Gasteiger partial charge in [-0.25, -0.2) is 0 Å². The summed E-state index contributed by atoms with van der Waals surface area (Å²) in [5.74, 6) is 0.908. The molecule has 2 aromatic rings. The minimum Gasteiger partial charge on any atom is -0.495 e. The fraction of sp³-hybridized carbons (Fsp3) is 0.294. The minimum absolute atomic E-state index is 0.908. The highest BCUT2D eigenvalue weighted by Crippen LogP contribution is 2.25. The number of hydrogen-bond donors (Lipinski definition) is 1. The van der Waals surface area contributed by atoms with E-state index in [1.807, 2.05) is 6.07 Å². The van der Waals surface area contributed by atoms with Gasteiger partial charge in [0.15, 0.2) is 0 Å². The second-order valence-electron chi connectivity index (χ2n) is 4.72. The van der Waals surface area contributed by atoms with E-state index in [0.29, 0.717) is 0 Å². The van der Waals surface area contributed by atoms with Gasteiger partial charge >= 0.3 is 0 Å². The SMILES string of the molecule is COc1ccc(C)cc1NCCCc1ccccc1. The molecule has 0 saturated carbocycles. The summed E-state index contributed by atoms with van der Waals surface area (Å²) >= 11 is 0. The molecule has 1 N–H and O–H groups in total. The summed E-state index contributed by atoms with van der Waals surface area (Å²) in [6.07, 6.45) is 2.21. The van der Waals surface area contributed by atoms with Gasteiger partial charge in [-0.05, 0) is 43.0 Å². The highest BCUT2D eigenvalue weighted by molar-refractivity contribution is 5.57. The van der Waals surface area contributed by atoms with Gasteiger partial charge < -0.3 is 10.1 Å². The molecule has 19 heavy (non-hydrogen) atoms. The van der Waals surface area contributed by atoms with Gasteiger partial charge in [0.1, 0.15) is 5.75 Å². The van der Waals surface area contributed by atoms with Crippen molar-refractivity contribution < 1.29 is 4.74 Å². The van der Waals surface area contributed by atoms with Crippen LogP contribution in [0.1, 0.15) is 17.5 Å². The molecular formula is C17H21NO. The monoisotopic (exact) mass is 255 g/mol.